The summed E-state index contributed by atoms with van der Waals surface area (Å²) in [6.07, 6.45) is 6.89. The van der Waals surface area contributed by atoms with E-state index in [1.54, 1.807) is 30.7 Å². The minimum Gasteiger partial charge on any atom is -0.493 e. The average molecular weight is 1470 g/mol. The number of alkyl halides is 3. The first kappa shape index (κ1) is 72.9. The predicted molar refractivity (Wildman–Crippen MR) is 422 cm³/mol. The molecule has 0 radical (unpaired) electrons. The standard InChI is InChI=1S/C24H19N3OS.C22H18F3N3O.C22H21N3O.C21H19N3O/c28-24-21(15-19-12-7-13-29-19)26-23-20(14-17-8-3-1-4-9-17)25-22(16-27(23)24)18-10-5-2-6-11-18;23-22(24,25)12-11-17-21(29)28-14-19(16-9-5-2-6-10-16)26-18(20(28)27-17)13-15-7-3-1-4-8-15;1-2-9-18-22(26)25-15-20(17-12-7-4-8-13-17)23-19(21(25)24-18)14-16-10-5-3-6-11-16;1-2-17-21(25)24-14-19(16-11-7-4-8-12-16)22-18(20(24)23-17)13-15-9-5-3-6-10-15/h1-13,16,28H,14-15H2;1-10,14,29H,11-13H2;3-8,10-13,15,26H,2,9,14H2,1H3;3-12,14,25H,2,13H2,1H3. The van der Waals surface area contributed by atoms with Gasteiger partial charge in [0.15, 0.2) is 22.6 Å². The van der Waals surface area contributed by atoms with E-state index in [4.69, 9.17) is 24.9 Å². The second kappa shape index (κ2) is 33.6. The molecular formula is C89H77F3N12O4S. The van der Waals surface area contributed by atoms with Crippen LogP contribution in [0, 0.1) is 0 Å². The minimum atomic E-state index is -4.32. The average Bonchev–Trinajstić information content (AvgIpc) is 1.65. The number of thiophene rings is 1. The third-order valence-corrected chi connectivity index (χ3v) is 19.3. The second-order valence-corrected chi connectivity index (χ2v) is 27.2. The zero-order valence-corrected chi connectivity index (χ0v) is 60.7. The Hall–Kier alpha value is -13.1. The highest BCUT2D eigenvalue weighted by Gasteiger charge is 2.29. The Bertz CT molecular complexity index is 5850. The van der Waals surface area contributed by atoms with Crippen LogP contribution in [0.2, 0.25) is 0 Å². The van der Waals surface area contributed by atoms with Crippen LogP contribution in [-0.4, -0.2) is 84.1 Å². The van der Waals surface area contributed by atoms with E-state index in [1.807, 2.05) is 243 Å². The molecule has 8 aromatic carbocycles. The zero-order chi connectivity index (χ0) is 75.2. The number of hydrogen-bond acceptors (Lipinski definition) is 13. The van der Waals surface area contributed by atoms with Gasteiger partial charge >= 0.3 is 6.18 Å². The summed E-state index contributed by atoms with van der Waals surface area (Å²) in [4.78, 5) is 38.9. The Labute approximate surface area is 631 Å². The molecular weight excluding hydrogens is 1390 g/mol. The van der Waals surface area contributed by atoms with Gasteiger partial charge in [-0.1, -0.05) is 269 Å². The Morgan fingerprint density at radius 3 is 0.862 bits per heavy atom. The van der Waals surface area contributed by atoms with E-state index in [1.165, 1.54) is 20.4 Å². The van der Waals surface area contributed by atoms with Crippen molar-refractivity contribution >= 4 is 33.9 Å². The topological polar surface area (TPSA) is 202 Å². The monoisotopic (exact) mass is 1470 g/mol. The molecule has 0 amide bonds. The number of hydrogen-bond donors (Lipinski definition) is 4. The highest BCUT2D eigenvalue weighted by atomic mass is 32.1. The van der Waals surface area contributed by atoms with Crippen LogP contribution in [0.4, 0.5) is 13.2 Å². The molecule has 109 heavy (non-hydrogen) atoms. The fraction of sp³-hybridized carbons (Fsp3) is 0.146. The molecule has 0 saturated carbocycles. The van der Waals surface area contributed by atoms with Crippen LogP contribution in [0.3, 0.4) is 0 Å². The molecule has 20 heteroatoms. The van der Waals surface area contributed by atoms with Gasteiger partial charge in [-0.05, 0) is 46.5 Å². The third-order valence-electron chi connectivity index (χ3n) is 18.4. The molecule has 16 nitrogen and oxygen atoms in total. The van der Waals surface area contributed by atoms with E-state index in [0.717, 1.165) is 97.4 Å². The maximum Gasteiger partial charge on any atom is 0.389 e. The second-order valence-electron chi connectivity index (χ2n) is 26.2. The quantitative estimate of drug-likeness (QED) is 0.0598. The van der Waals surface area contributed by atoms with Crippen molar-refractivity contribution in [2.24, 2.45) is 0 Å². The van der Waals surface area contributed by atoms with Crippen molar-refractivity contribution in [3.05, 3.63) is 358 Å². The lowest BCUT2D eigenvalue weighted by molar-refractivity contribution is -0.134. The molecule has 0 aliphatic carbocycles. The number of imidazole rings is 4. The zero-order valence-electron chi connectivity index (χ0n) is 59.9. The van der Waals surface area contributed by atoms with Crippen molar-refractivity contribution in [1.82, 2.24) is 57.5 Å². The molecule has 0 atom stereocenters. The van der Waals surface area contributed by atoms with Crippen molar-refractivity contribution in [1.29, 1.82) is 0 Å². The number of nitrogens with zero attached hydrogens (tertiary/aromatic N) is 12. The van der Waals surface area contributed by atoms with Crippen LogP contribution in [0.15, 0.2) is 285 Å². The van der Waals surface area contributed by atoms with Gasteiger partial charge in [0.2, 0.25) is 23.5 Å². The number of aromatic hydroxyl groups is 4. The Kier molecular flexibility index (Phi) is 22.4. The molecule has 544 valence electrons. The predicted octanol–water partition coefficient (Wildman–Crippen LogP) is 19.4. The summed E-state index contributed by atoms with van der Waals surface area (Å²) in [5, 5.41) is 44.7. The Morgan fingerprint density at radius 1 is 0.303 bits per heavy atom. The maximum atomic E-state index is 12.7. The van der Waals surface area contributed by atoms with Gasteiger partial charge in [0.25, 0.3) is 0 Å². The molecule has 17 aromatic rings. The number of aryl methyl sites for hydroxylation is 3. The van der Waals surface area contributed by atoms with E-state index >= 15 is 0 Å². The third kappa shape index (κ3) is 17.4. The molecule has 9 aromatic heterocycles. The Morgan fingerprint density at radius 2 is 0.578 bits per heavy atom. The lowest BCUT2D eigenvalue weighted by Gasteiger charge is -2.08. The van der Waals surface area contributed by atoms with Crippen LogP contribution < -0.4 is 0 Å². The smallest absolute Gasteiger partial charge is 0.389 e. The van der Waals surface area contributed by atoms with Crippen LogP contribution in [0.1, 0.15) is 99.4 Å². The largest absolute Gasteiger partial charge is 0.493 e. The number of rotatable bonds is 19. The first-order valence-electron chi connectivity index (χ1n) is 36.1. The van der Waals surface area contributed by atoms with Gasteiger partial charge in [0.1, 0.15) is 22.8 Å². The van der Waals surface area contributed by atoms with E-state index < -0.39 is 12.6 Å². The van der Waals surface area contributed by atoms with Gasteiger partial charge in [-0.15, -0.1) is 11.3 Å². The van der Waals surface area contributed by atoms with Gasteiger partial charge in [0.05, 0.1) is 45.6 Å². The normalized spacial score (nSPS) is 11.3. The van der Waals surface area contributed by atoms with Crippen LogP contribution in [-0.2, 0) is 51.4 Å². The molecule has 0 fully saturated rings. The number of halogens is 3. The highest BCUT2D eigenvalue weighted by molar-refractivity contribution is 7.09. The van der Waals surface area contributed by atoms with E-state index in [0.29, 0.717) is 72.6 Å². The van der Waals surface area contributed by atoms with E-state index in [2.05, 4.69) is 64.3 Å². The first-order chi connectivity index (χ1) is 53.2. The molecule has 9 heterocycles. The summed E-state index contributed by atoms with van der Waals surface area (Å²) in [6, 6.07) is 83.9. The lowest BCUT2D eigenvalue weighted by Crippen LogP contribution is -2.08. The summed E-state index contributed by atoms with van der Waals surface area (Å²) in [5.74, 6) is 0.322. The van der Waals surface area contributed by atoms with Crippen LogP contribution in [0.5, 0.6) is 23.5 Å². The molecule has 0 aliphatic rings. The molecule has 0 aliphatic heterocycles. The van der Waals surface area contributed by atoms with Gasteiger partial charge < -0.3 is 20.4 Å². The van der Waals surface area contributed by atoms with Crippen molar-refractivity contribution in [3.8, 4) is 68.5 Å². The van der Waals surface area contributed by atoms with Gasteiger partial charge in [-0.3, -0.25) is 17.6 Å². The van der Waals surface area contributed by atoms with Crippen molar-refractivity contribution in [2.75, 3.05) is 0 Å². The Balaban J connectivity index is 0.000000122. The van der Waals surface area contributed by atoms with Crippen molar-refractivity contribution < 1.29 is 33.6 Å². The first-order valence-corrected chi connectivity index (χ1v) is 36.9. The molecule has 0 saturated heterocycles. The number of fused-ring (bicyclic) bond motifs is 4. The van der Waals surface area contributed by atoms with Gasteiger partial charge in [-0.25, -0.2) is 39.9 Å². The van der Waals surface area contributed by atoms with Gasteiger partial charge in [0, 0.05) is 96.9 Å². The van der Waals surface area contributed by atoms with Crippen LogP contribution >= 0.6 is 11.3 Å². The molecule has 0 spiro atoms. The summed E-state index contributed by atoms with van der Waals surface area (Å²) < 4.78 is 44.7. The minimum absolute atomic E-state index is 0.0173. The molecule has 0 unspecified atom stereocenters. The van der Waals surface area contributed by atoms with Crippen molar-refractivity contribution in [2.45, 2.75) is 84.2 Å². The van der Waals surface area contributed by atoms with Gasteiger partial charge in [-0.2, -0.15) is 13.2 Å². The summed E-state index contributed by atoms with van der Waals surface area (Å²) in [6.45, 7) is 4.08. The number of benzene rings is 8. The SMILES string of the molecule is CCCc1nc2c(Cc3ccccc3)nc(-c3ccccc3)cn2c1O.CCc1nc2c(Cc3ccccc3)nc(-c3ccccc3)cn2c1O.Oc1c(CCC(F)(F)F)nc2c(Cc3ccccc3)nc(-c3ccccc3)cn12.Oc1c(Cc2cccs2)nc2c(Cc3ccccc3)nc(-c3ccccc3)cn12. The molecule has 17 rings (SSSR count). The van der Waals surface area contributed by atoms with Crippen LogP contribution in [0.25, 0.3) is 67.6 Å². The lowest BCUT2D eigenvalue weighted by atomic mass is 10.1. The highest BCUT2D eigenvalue weighted by Crippen LogP contribution is 2.34. The number of aromatic nitrogens is 12. The maximum absolute atomic E-state index is 12.7. The summed E-state index contributed by atoms with van der Waals surface area (Å²) in [7, 11) is 0. The molecule has 0 bridgehead atoms. The van der Waals surface area contributed by atoms with E-state index in [9.17, 15) is 33.6 Å². The van der Waals surface area contributed by atoms with E-state index in [-0.39, 0.29) is 35.6 Å². The summed E-state index contributed by atoms with van der Waals surface area (Å²) in [5.41, 5.74) is 19.3. The molecule has 4 N–H and O–H groups in total. The fourth-order valence-corrected chi connectivity index (χ4v) is 13.7. The summed E-state index contributed by atoms with van der Waals surface area (Å²) >= 11 is 1.67. The van der Waals surface area contributed by atoms with Crippen molar-refractivity contribution in [3.63, 3.8) is 0 Å². The fourth-order valence-electron chi connectivity index (χ4n) is 13.0.